The summed E-state index contributed by atoms with van der Waals surface area (Å²) in [6.45, 7) is 4.26. The zero-order valence-corrected chi connectivity index (χ0v) is 12.5. The molecule has 0 radical (unpaired) electrons. The van der Waals surface area contributed by atoms with Crippen molar-refractivity contribution in [1.29, 1.82) is 0 Å². The summed E-state index contributed by atoms with van der Waals surface area (Å²) in [7, 11) is -1.26. The van der Waals surface area contributed by atoms with E-state index in [4.69, 9.17) is 5.73 Å². The molecule has 2 nitrogen and oxygen atoms in total. The Balaban J connectivity index is 2.27. The van der Waals surface area contributed by atoms with E-state index in [1.165, 1.54) is 6.07 Å². The van der Waals surface area contributed by atoms with Crippen molar-refractivity contribution in [2.24, 2.45) is 5.73 Å². The highest BCUT2D eigenvalue weighted by Gasteiger charge is 2.12. The van der Waals surface area contributed by atoms with Gasteiger partial charge in [-0.3, -0.25) is 4.21 Å². The molecule has 0 aliphatic rings. The Hall–Kier alpha value is -1.52. The Morgan fingerprint density at radius 1 is 1.15 bits per heavy atom. The molecule has 20 heavy (non-hydrogen) atoms. The average Bonchev–Trinajstić information content (AvgIpc) is 2.41. The summed E-state index contributed by atoms with van der Waals surface area (Å²) in [6, 6.07) is 10.5. The first-order valence-electron chi connectivity index (χ1n) is 6.44. The molecule has 0 saturated carbocycles. The van der Waals surface area contributed by atoms with Crippen LogP contribution in [0.3, 0.4) is 0 Å². The van der Waals surface area contributed by atoms with Crippen molar-refractivity contribution in [3.05, 3.63) is 64.5 Å². The van der Waals surface area contributed by atoms with Crippen molar-refractivity contribution in [2.45, 2.75) is 31.0 Å². The first-order valence-corrected chi connectivity index (χ1v) is 7.76. The van der Waals surface area contributed by atoms with Gasteiger partial charge in [0, 0.05) is 17.0 Å². The molecule has 0 spiro atoms. The van der Waals surface area contributed by atoms with Crippen LogP contribution in [0.4, 0.5) is 4.39 Å². The molecule has 0 amide bonds. The Morgan fingerprint density at radius 2 is 1.90 bits per heavy atom. The number of aryl methyl sites for hydroxylation is 2. The molecular formula is C16H18FNOS. The molecule has 0 bridgehead atoms. The maximum Gasteiger partial charge on any atom is 0.127 e. The third kappa shape index (κ3) is 3.32. The molecule has 0 aromatic heterocycles. The molecule has 1 atom stereocenters. The van der Waals surface area contributed by atoms with Crippen LogP contribution in [0, 0.1) is 19.7 Å². The summed E-state index contributed by atoms with van der Waals surface area (Å²) in [5, 5.41) is 0. The highest BCUT2D eigenvalue weighted by atomic mass is 32.2. The summed E-state index contributed by atoms with van der Waals surface area (Å²) in [6.07, 6.45) is 0. The van der Waals surface area contributed by atoms with E-state index in [0.29, 0.717) is 12.1 Å². The average molecular weight is 291 g/mol. The van der Waals surface area contributed by atoms with E-state index in [9.17, 15) is 8.60 Å². The summed E-state index contributed by atoms with van der Waals surface area (Å²) >= 11 is 0. The summed E-state index contributed by atoms with van der Waals surface area (Å²) < 4.78 is 26.2. The lowest BCUT2D eigenvalue weighted by atomic mass is 10.1. The van der Waals surface area contributed by atoms with Crippen LogP contribution < -0.4 is 5.73 Å². The van der Waals surface area contributed by atoms with Gasteiger partial charge in [0.1, 0.15) is 5.82 Å². The van der Waals surface area contributed by atoms with Gasteiger partial charge in [-0.1, -0.05) is 29.8 Å². The van der Waals surface area contributed by atoms with Gasteiger partial charge in [0.2, 0.25) is 0 Å². The van der Waals surface area contributed by atoms with E-state index >= 15 is 0 Å². The molecule has 0 aliphatic heterocycles. The van der Waals surface area contributed by atoms with Crippen LogP contribution in [0.2, 0.25) is 0 Å². The normalized spacial score (nSPS) is 12.4. The van der Waals surface area contributed by atoms with E-state index < -0.39 is 10.8 Å². The summed E-state index contributed by atoms with van der Waals surface area (Å²) in [5.74, 6) is -0.163. The number of hydrogen-bond acceptors (Lipinski definition) is 2. The Bertz CT molecular complexity index is 655. The smallest absolute Gasteiger partial charge is 0.127 e. The maximum absolute atomic E-state index is 13.8. The molecule has 106 valence electrons. The van der Waals surface area contributed by atoms with E-state index in [-0.39, 0.29) is 11.6 Å². The minimum Gasteiger partial charge on any atom is -0.326 e. The van der Waals surface area contributed by atoms with Crippen molar-refractivity contribution in [2.75, 3.05) is 0 Å². The zero-order valence-electron chi connectivity index (χ0n) is 11.7. The molecule has 2 rings (SSSR count). The first kappa shape index (κ1) is 14.9. The van der Waals surface area contributed by atoms with Gasteiger partial charge in [0.15, 0.2) is 0 Å². The van der Waals surface area contributed by atoms with Crippen LogP contribution in [0.5, 0.6) is 0 Å². The Morgan fingerprint density at radius 3 is 2.55 bits per heavy atom. The van der Waals surface area contributed by atoms with E-state index in [2.05, 4.69) is 0 Å². The number of benzene rings is 2. The van der Waals surface area contributed by atoms with E-state index in [1.807, 2.05) is 32.0 Å². The van der Waals surface area contributed by atoms with Crippen LogP contribution in [-0.2, 0) is 23.1 Å². The fourth-order valence-corrected chi connectivity index (χ4v) is 3.44. The van der Waals surface area contributed by atoms with Gasteiger partial charge in [-0.15, -0.1) is 0 Å². The molecule has 0 fully saturated rings. The quantitative estimate of drug-likeness (QED) is 0.940. The van der Waals surface area contributed by atoms with Gasteiger partial charge in [-0.05, 0) is 37.1 Å². The second-order valence-electron chi connectivity index (χ2n) is 4.89. The lowest BCUT2D eigenvalue weighted by Gasteiger charge is -2.09. The van der Waals surface area contributed by atoms with Crippen LogP contribution in [-0.4, -0.2) is 4.21 Å². The third-order valence-corrected chi connectivity index (χ3v) is 4.73. The van der Waals surface area contributed by atoms with Crippen molar-refractivity contribution >= 4 is 10.8 Å². The van der Waals surface area contributed by atoms with Gasteiger partial charge in [-0.25, -0.2) is 4.39 Å². The lowest BCUT2D eigenvalue weighted by molar-refractivity contribution is 0.614. The topological polar surface area (TPSA) is 43.1 Å². The second kappa shape index (κ2) is 6.29. The summed E-state index contributed by atoms with van der Waals surface area (Å²) in [4.78, 5) is 0.758. The third-order valence-electron chi connectivity index (χ3n) is 3.21. The predicted octanol–water partition coefficient (Wildman–Crippen LogP) is 3.21. The number of nitrogens with two attached hydrogens (primary N) is 1. The highest BCUT2D eigenvalue weighted by molar-refractivity contribution is 7.84. The van der Waals surface area contributed by atoms with Crippen molar-refractivity contribution in [3.63, 3.8) is 0 Å². The van der Waals surface area contributed by atoms with Gasteiger partial charge in [0.05, 0.1) is 16.6 Å². The zero-order chi connectivity index (χ0) is 14.7. The molecule has 2 aromatic carbocycles. The van der Waals surface area contributed by atoms with Gasteiger partial charge in [-0.2, -0.15) is 0 Å². The van der Waals surface area contributed by atoms with Crippen molar-refractivity contribution in [3.8, 4) is 0 Å². The number of halogens is 1. The molecule has 1 unspecified atom stereocenters. The Kier molecular flexibility index (Phi) is 4.68. The molecule has 2 N–H and O–H groups in total. The molecule has 0 heterocycles. The van der Waals surface area contributed by atoms with Crippen molar-refractivity contribution < 1.29 is 8.60 Å². The number of rotatable bonds is 4. The minimum absolute atomic E-state index is 0.170. The monoisotopic (exact) mass is 291 g/mol. The SMILES string of the molecule is Cc1ccc(S(=O)Cc2cc(CN)ccc2F)c(C)c1. The maximum atomic E-state index is 13.8. The van der Waals surface area contributed by atoms with Crippen LogP contribution >= 0.6 is 0 Å². The van der Waals surface area contributed by atoms with Crippen molar-refractivity contribution in [1.82, 2.24) is 0 Å². The first-order chi connectivity index (χ1) is 9.51. The van der Waals surface area contributed by atoms with Crippen LogP contribution in [0.1, 0.15) is 22.3 Å². The molecular weight excluding hydrogens is 273 g/mol. The fourth-order valence-electron chi connectivity index (χ4n) is 2.14. The lowest BCUT2D eigenvalue weighted by Crippen LogP contribution is -2.04. The molecule has 0 aliphatic carbocycles. The summed E-state index contributed by atoms with van der Waals surface area (Å²) in [5.41, 5.74) is 8.95. The fraction of sp³-hybridized carbons (Fsp3) is 0.250. The highest BCUT2D eigenvalue weighted by Crippen LogP contribution is 2.20. The molecule has 2 aromatic rings. The molecule has 0 saturated heterocycles. The van der Waals surface area contributed by atoms with Crippen LogP contribution in [0.15, 0.2) is 41.3 Å². The standard InChI is InChI=1S/C16H18FNOS/c1-11-3-6-16(12(2)7-11)20(19)10-14-8-13(9-18)4-5-15(14)17/h3-8H,9-10,18H2,1-2H3. The van der Waals surface area contributed by atoms with Gasteiger partial charge >= 0.3 is 0 Å². The largest absolute Gasteiger partial charge is 0.326 e. The van der Waals surface area contributed by atoms with Gasteiger partial charge in [0.25, 0.3) is 0 Å². The Labute approximate surface area is 121 Å². The second-order valence-corrected chi connectivity index (χ2v) is 6.31. The van der Waals surface area contributed by atoms with E-state index in [0.717, 1.165) is 21.6 Å². The van der Waals surface area contributed by atoms with Gasteiger partial charge < -0.3 is 5.73 Å². The van der Waals surface area contributed by atoms with Crippen LogP contribution in [0.25, 0.3) is 0 Å². The predicted molar refractivity (Wildman–Crippen MR) is 80.3 cm³/mol. The number of hydrogen-bond donors (Lipinski definition) is 1. The minimum atomic E-state index is -1.26. The van der Waals surface area contributed by atoms with E-state index in [1.54, 1.807) is 12.1 Å². The molecule has 4 heteroatoms.